The maximum absolute atomic E-state index is 12.7. The van der Waals surface area contributed by atoms with E-state index >= 15 is 0 Å². The van der Waals surface area contributed by atoms with E-state index in [1.54, 1.807) is 7.11 Å². The van der Waals surface area contributed by atoms with Crippen molar-refractivity contribution in [2.24, 2.45) is 5.92 Å². The number of methoxy groups -OCH3 is 1. The van der Waals surface area contributed by atoms with Crippen molar-refractivity contribution in [1.82, 2.24) is 20.4 Å². The molecule has 1 aromatic heterocycles. The zero-order valence-corrected chi connectivity index (χ0v) is 18.0. The Kier molecular flexibility index (Phi) is 6.62. The number of nitrogens with zero attached hydrogens (tertiary/aromatic N) is 3. The summed E-state index contributed by atoms with van der Waals surface area (Å²) in [5, 5.41) is 7.20. The van der Waals surface area contributed by atoms with Gasteiger partial charge in [0.25, 0.3) is 0 Å². The van der Waals surface area contributed by atoms with Gasteiger partial charge in [-0.05, 0) is 61.7 Å². The van der Waals surface area contributed by atoms with Crippen LogP contribution in [0.5, 0.6) is 5.75 Å². The van der Waals surface area contributed by atoms with Crippen LogP contribution in [-0.2, 0) is 17.9 Å². The highest BCUT2D eigenvalue weighted by Gasteiger charge is 2.27. The first-order chi connectivity index (χ1) is 15.1. The molecule has 7 heteroatoms. The molecule has 1 aliphatic heterocycles. The Bertz CT molecular complexity index is 1020. The maximum atomic E-state index is 12.7. The van der Waals surface area contributed by atoms with Gasteiger partial charge in [0.15, 0.2) is 0 Å². The molecule has 1 unspecified atom stereocenters. The average molecular weight is 421 g/mol. The molecule has 0 spiro atoms. The van der Waals surface area contributed by atoms with Crippen LogP contribution in [0.1, 0.15) is 29.9 Å². The smallest absolute Gasteiger partial charge is 0.241 e. The Labute approximate surface area is 182 Å². The highest BCUT2D eigenvalue weighted by molar-refractivity contribution is 5.79. The van der Waals surface area contributed by atoms with Gasteiger partial charge in [0.1, 0.15) is 5.75 Å². The van der Waals surface area contributed by atoms with Crippen molar-refractivity contribution < 1.29 is 14.1 Å². The fourth-order valence-corrected chi connectivity index (χ4v) is 3.92. The van der Waals surface area contributed by atoms with E-state index in [1.165, 1.54) is 5.56 Å². The highest BCUT2D eigenvalue weighted by atomic mass is 16.5. The van der Waals surface area contributed by atoms with Crippen molar-refractivity contribution in [2.75, 3.05) is 20.2 Å². The van der Waals surface area contributed by atoms with Crippen LogP contribution >= 0.6 is 0 Å². The number of hydrogen-bond donors (Lipinski definition) is 1. The van der Waals surface area contributed by atoms with Crippen LogP contribution in [0.2, 0.25) is 0 Å². The molecule has 31 heavy (non-hydrogen) atoms. The number of hydrogen-bond acceptors (Lipinski definition) is 6. The van der Waals surface area contributed by atoms with Gasteiger partial charge in [0.2, 0.25) is 17.6 Å². The molecule has 0 radical (unpaired) electrons. The number of piperidine rings is 1. The molecule has 7 nitrogen and oxygen atoms in total. The molecule has 1 fully saturated rings. The number of ether oxygens (including phenoxy) is 1. The van der Waals surface area contributed by atoms with Crippen LogP contribution in [0.3, 0.4) is 0 Å². The van der Waals surface area contributed by atoms with Gasteiger partial charge in [-0.15, -0.1) is 0 Å². The molecule has 1 N–H and O–H groups in total. The van der Waals surface area contributed by atoms with E-state index in [4.69, 9.17) is 9.26 Å². The van der Waals surface area contributed by atoms with Crippen LogP contribution < -0.4 is 10.1 Å². The molecular formula is C24H28N4O3. The number of amides is 1. The summed E-state index contributed by atoms with van der Waals surface area (Å²) in [6, 6.07) is 15.7. The van der Waals surface area contributed by atoms with Gasteiger partial charge in [-0.1, -0.05) is 29.4 Å². The SMILES string of the molecule is COc1ccc(-c2noc(CN3CCCC(C(=O)NCc4ccccc4C)C3)n2)cc1. The molecule has 4 rings (SSSR count). The molecule has 2 heterocycles. The van der Waals surface area contributed by atoms with E-state index in [2.05, 4.69) is 39.4 Å². The monoisotopic (exact) mass is 420 g/mol. The van der Waals surface area contributed by atoms with Gasteiger partial charge < -0.3 is 14.6 Å². The van der Waals surface area contributed by atoms with E-state index in [0.717, 1.165) is 36.3 Å². The third-order valence-electron chi connectivity index (χ3n) is 5.77. The van der Waals surface area contributed by atoms with E-state index in [9.17, 15) is 4.79 Å². The zero-order chi connectivity index (χ0) is 21.6. The minimum absolute atomic E-state index is 0.0262. The van der Waals surface area contributed by atoms with Crippen LogP contribution in [0.25, 0.3) is 11.4 Å². The number of likely N-dealkylation sites (tertiary alicyclic amines) is 1. The van der Waals surface area contributed by atoms with Crippen molar-refractivity contribution in [3.8, 4) is 17.1 Å². The van der Waals surface area contributed by atoms with Gasteiger partial charge in [0.05, 0.1) is 19.6 Å². The molecule has 162 valence electrons. The lowest BCUT2D eigenvalue weighted by Crippen LogP contribution is -2.42. The van der Waals surface area contributed by atoms with Crippen molar-refractivity contribution in [2.45, 2.75) is 32.9 Å². The molecule has 1 atom stereocenters. The van der Waals surface area contributed by atoms with Crippen LogP contribution in [0.15, 0.2) is 53.1 Å². The predicted octanol–water partition coefficient (Wildman–Crippen LogP) is 3.58. The Morgan fingerprint density at radius 3 is 2.81 bits per heavy atom. The summed E-state index contributed by atoms with van der Waals surface area (Å²) in [6.45, 7) is 4.79. The summed E-state index contributed by atoms with van der Waals surface area (Å²) in [4.78, 5) is 19.5. The Morgan fingerprint density at radius 1 is 1.23 bits per heavy atom. The molecule has 1 amide bonds. The van der Waals surface area contributed by atoms with E-state index in [0.29, 0.717) is 31.3 Å². The van der Waals surface area contributed by atoms with Crippen molar-refractivity contribution >= 4 is 5.91 Å². The summed E-state index contributed by atoms with van der Waals surface area (Å²) in [7, 11) is 1.64. The predicted molar refractivity (Wildman–Crippen MR) is 117 cm³/mol. The summed E-state index contributed by atoms with van der Waals surface area (Å²) < 4.78 is 10.6. The quantitative estimate of drug-likeness (QED) is 0.629. The lowest BCUT2D eigenvalue weighted by Gasteiger charge is -2.30. The minimum atomic E-state index is -0.0262. The van der Waals surface area contributed by atoms with Crippen molar-refractivity contribution in [3.05, 3.63) is 65.5 Å². The first-order valence-electron chi connectivity index (χ1n) is 10.6. The third-order valence-corrected chi connectivity index (χ3v) is 5.77. The molecular weight excluding hydrogens is 392 g/mol. The van der Waals surface area contributed by atoms with Gasteiger partial charge in [-0.25, -0.2) is 0 Å². The largest absolute Gasteiger partial charge is 0.497 e. The van der Waals surface area contributed by atoms with Gasteiger partial charge in [-0.3, -0.25) is 9.69 Å². The fourth-order valence-electron chi connectivity index (χ4n) is 3.92. The average Bonchev–Trinajstić information content (AvgIpc) is 3.27. The lowest BCUT2D eigenvalue weighted by atomic mass is 9.97. The molecule has 1 saturated heterocycles. The van der Waals surface area contributed by atoms with Gasteiger partial charge >= 0.3 is 0 Å². The number of benzene rings is 2. The van der Waals surface area contributed by atoms with Crippen LogP contribution in [0.4, 0.5) is 0 Å². The molecule has 1 aliphatic rings. The van der Waals surface area contributed by atoms with Crippen LogP contribution in [-0.4, -0.2) is 41.1 Å². The first kappa shape index (κ1) is 21.1. The second-order valence-corrected chi connectivity index (χ2v) is 7.96. The normalized spacial score (nSPS) is 16.8. The maximum Gasteiger partial charge on any atom is 0.241 e. The number of carbonyl (C=O) groups is 1. The summed E-state index contributed by atoms with van der Waals surface area (Å²) >= 11 is 0. The molecule has 0 aliphatic carbocycles. The highest BCUT2D eigenvalue weighted by Crippen LogP contribution is 2.22. The topological polar surface area (TPSA) is 80.5 Å². The summed E-state index contributed by atoms with van der Waals surface area (Å²) in [6.07, 6.45) is 1.87. The zero-order valence-electron chi connectivity index (χ0n) is 18.0. The van der Waals surface area contributed by atoms with Gasteiger partial charge in [0, 0.05) is 18.7 Å². The summed E-state index contributed by atoms with van der Waals surface area (Å²) in [5.74, 6) is 1.99. The van der Waals surface area contributed by atoms with E-state index in [1.807, 2.05) is 36.4 Å². The number of rotatable bonds is 7. The Morgan fingerprint density at radius 2 is 2.03 bits per heavy atom. The number of carbonyl (C=O) groups excluding carboxylic acids is 1. The van der Waals surface area contributed by atoms with Crippen molar-refractivity contribution in [3.63, 3.8) is 0 Å². The first-order valence-corrected chi connectivity index (χ1v) is 10.6. The minimum Gasteiger partial charge on any atom is -0.497 e. The second kappa shape index (κ2) is 9.75. The third kappa shape index (κ3) is 5.30. The van der Waals surface area contributed by atoms with Crippen molar-refractivity contribution in [1.29, 1.82) is 0 Å². The number of nitrogens with one attached hydrogen (secondary N) is 1. The van der Waals surface area contributed by atoms with Gasteiger partial charge in [-0.2, -0.15) is 4.98 Å². The standard InChI is InChI=1S/C24H28N4O3/c1-17-6-3-4-7-19(17)14-25-24(29)20-8-5-13-28(15-20)16-22-26-23(27-31-22)18-9-11-21(30-2)12-10-18/h3-4,6-7,9-12,20H,5,8,13-16H2,1-2H3,(H,25,29). The lowest BCUT2D eigenvalue weighted by molar-refractivity contribution is -0.127. The van der Waals surface area contributed by atoms with E-state index < -0.39 is 0 Å². The Balaban J connectivity index is 1.32. The molecule has 2 aromatic carbocycles. The summed E-state index contributed by atoms with van der Waals surface area (Å²) in [5.41, 5.74) is 3.22. The number of aryl methyl sites for hydroxylation is 1. The molecule has 0 bridgehead atoms. The van der Waals surface area contributed by atoms with E-state index in [-0.39, 0.29) is 11.8 Å². The molecule has 0 saturated carbocycles. The fraction of sp³-hybridized carbons (Fsp3) is 0.375. The molecule has 3 aromatic rings. The second-order valence-electron chi connectivity index (χ2n) is 7.96. The van der Waals surface area contributed by atoms with Crippen LogP contribution in [0, 0.1) is 12.8 Å². The number of aromatic nitrogens is 2. The Hall–Kier alpha value is -3.19.